The van der Waals surface area contributed by atoms with Crippen LogP contribution in [0.3, 0.4) is 0 Å². The fourth-order valence-electron chi connectivity index (χ4n) is 2.25. The van der Waals surface area contributed by atoms with E-state index >= 15 is 0 Å². The van der Waals surface area contributed by atoms with Crippen molar-refractivity contribution in [3.63, 3.8) is 0 Å². The van der Waals surface area contributed by atoms with Gasteiger partial charge in [0.05, 0.1) is 0 Å². The maximum atomic E-state index is 13.1. The minimum absolute atomic E-state index is 0.0714. The van der Waals surface area contributed by atoms with Gasteiger partial charge in [0.15, 0.2) is 0 Å². The summed E-state index contributed by atoms with van der Waals surface area (Å²) < 4.78 is 13.8. The van der Waals surface area contributed by atoms with E-state index < -0.39 is 0 Å². The summed E-state index contributed by atoms with van der Waals surface area (Å²) in [7, 11) is 0. The summed E-state index contributed by atoms with van der Waals surface area (Å²) >= 11 is 3.39. The van der Waals surface area contributed by atoms with Gasteiger partial charge in [-0.1, -0.05) is 53.2 Å². The van der Waals surface area contributed by atoms with Gasteiger partial charge in [-0.3, -0.25) is 0 Å². The molecule has 0 heterocycles. The minimum Gasteiger partial charge on any atom is -0.324 e. The molecule has 2 aromatic carbocycles. The Morgan fingerprint density at radius 3 is 2.58 bits per heavy atom. The first-order valence-electron chi connectivity index (χ1n) is 6.39. The number of aryl methyl sites for hydroxylation is 1. The lowest BCUT2D eigenvalue weighted by Crippen LogP contribution is -2.15. The second-order valence-corrected chi connectivity index (χ2v) is 5.45. The number of hydrogen-bond donors (Lipinski definition) is 1. The van der Waals surface area contributed by atoms with Crippen LogP contribution in [0.2, 0.25) is 0 Å². The maximum absolute atomic E-state index is 13.1. The first-order chi connectivity index (χ1) is 9.11. The molecule has 1 nitrogen and oxygen atoms in total. The van der Waals surface area contributed by atoms with Gasteiger partial charge in [0.1, 0.15) is 5.82 Å². The molecule has 0 radical (unpaired) electrons. The molecule has 1 atom stereocenters. The molecule has 0 aromatic heterocycles. The van der Waals surface area contributed by atoms with E-state index in [2.05, 4.69) is 35.0 Å². The third-order valence-electron chi connectivity index (χ3n) is 3.29. The van der Waals surface area contributed by atoms with Crippen molar-refractivity contribution in [3.05, 3.63) is 69.4 Å². The highest BCUT2D eigenvalue weighted by Gasteiger charge is 2.12. The number of halogens is 2. The van der Waals surface area contributed by atoms with Gasteiger partial charge >= 0.3 is 0 Å². The SMILES string of the molecule is CCc1ccccc1C(N)Cc1ccc(F)cc1Br. The summed E-state index contributed by atoms with van der Waals surface area (Å²) in [5.74, 6) is -0.238. The molecule has 0 amide bonds. The molecule has 2 N–H and O–H groups in total. The zero-order valence-electron chi connectivity index (χ0n) is 10.9. The van der Waals surface area contributed by atoms with Gasteiger partial charge in [0.25, 0.3) is 0 Å². The van der Waals surface area contributed by atoms with Gasteiger partial charge in [0, 0.05) is 10.5 Å². The monoisotopic (exact) mass is 321 g/mol. The van der Waals surface area contributed by atoms with Crippen LogP contribution >= 0.6 is 15.9 Å². The third-order valence-corrected chi connectivity index (χ3v) is 4.03. The molecule has 19 heavy (non-hydrogen) atoms. The van der Waals surface area contributed by atoms with E-state index in [1.165, 1.54) is 23.3 Å². The fourth-order valence-corrected chi connectivity index (χ4v) is 2.76. The van der Waals surface area contributed by atoms with Crippen LogP contribution in [0.25, 0.3) is 0 Å². The predicted molar refractivity (Wildman–Crippen MR) is 80.6 cm³/mol. The van der Waals surface area contributed by atoms with Crippen LogP contribution < -0.4 is 5.73 Å². The zero-order chi connectivity index (χ0) is 13.8. The lowest BCUT2D eigenvalue weighted by atomic mass is 9.94. The first kappa shape index (κ1) is 14.2. The average molecular weight is 322 g/mol. The van der Waals surface area contributed by atoms with E-state index in [1.54, 1.807) is 6.07 Å². The molecule has 0 aliphatic rings. The van der Waals surface area contributed by atoms with Crippen molar-refractivity contribution in [3.8, 4) is 0 Å². The minimum atomic E-state index is -0.238. The highest BCUT2D eigenvalue weighted by atomic mass is 79.9. The molecule has 100 valence electrons. The summed E-state index contributed by atoms with van der Waals surface area (Å²) in [4.78, 5) is 0. The molecule has 2 aromatic rings. The summed E-state index contributed by atoms with van der Waals surface area (Å²) in [6.45, 7) is 2.12. The second-order valence-electron chi connectivity index (χ2n) is 4.60. The highest BCUT2D eigenvalue weighted by molar-refractivity contribution is 9.10. The lowest BCUT2D eigenvalue weighted by molar-refractivity contribution is 0.624. The Morgan fingerprint density at radius 1 is 1.16 bits per heavy atom. The second kappa shape index (κ2) is 6.31. The number of benzene rings is 2. The van der Waals surface area contributed by atoms with Crippen LogP contribution in [0.1, 0.15) is 29.7 Å². The Bertz CT molecular complexity index is 568. The molecule has 0 fully saturated rings. The van der Waals surface area contributed by atoms with Crippen LogP contribution in [-0.4, -0.2) is 0 Å². The predicted octanol–water partition coefficient (Wildman–Crippen LogP) is 4.39. The topological polar surface area (TPSA) is 26.0 Å². The summed E-state index contributed by atoms with van der Waals surface area (Å²) in [6.07, 6.45) is 1.66. The van der Waals surface area contributed by atoms with Gasteiger partial charge in [-0.05, 0) is 41.7 Å². The van der Waals surface area contributed by atoms with Crippen LogP contribution in [0, 0.1) is 5.82 Å². The number of rotatable bonds is 4. The van der Waals surface area contributed by atoms with Crippen molar-refractivity contribution in [2.24, 2.45) is 5.73 Å². The number of nitrogens with two attached hydrogens (primary N) is 1. The Labute approximate surface area is 121 Å². The Kier molecular flexibility index (Phi) is 4.72. The number of hydrogen-bond acceptors (Lipinski definition) is 1. The van der Waals surface area contributed by atoms with Gasteiger partial charge in [-0.25, -0.2) is 4.39 Å². The zero-order valence-corrected chi connectivity index (χ0v) is 12.5. The molecule has 3 heteroatoms. The molecule has 0 spiro atoms. The fraction of sp³-hybridized carbons (Fsp3) is 0.250. The van der Waals surface area contributed by atoms with Crippen molar-refractivity contribution in [2.75, 3.05) is 0 Å². The maximum Gasteiger partial charge on any atom is 0.124 e. The van der Waals surface area contributed by atoms with Gasteiger partial charge < -0.3 is 5.73 Å². The molecular formula is C16H17BrFN. The van der Waals surface area contributed by atoms with Crippen LogP contribution in [0.4, 0.5) is 4.39 Å². The van der Waals surface area contributed by atoms with Gasteiger partial charge in [0.2, 0.25) is 0 Å². The van der Waals surface area contributed by atoms with Crippen molar-refractivity contribution < 1.29 is 4.39 Å². The highest BCUT2D eigenvalue weighted by Crippen LogP contribution is 2.25. The third kappa shape index (κ3) is 3.43. The van der Waals surface area contributed by atoms with E-state index in [-0.39, 0.29) is 11.9 Å². The van der Waals surface area contributed by atoms with Gasteiger partial charge in [-0.15, -0.1) is 0 Å². The standard InChI is InChI=1S/C16H17BrFN/c1-2-11-5-3-4-6-14(11)16(19)9-12-7-8-13(18)10-15(12)17/h3-8,10,16H,2,9,19H2,1H3. The van der Waals surface area contributed by atoms with Crippen molar-refractivity contribution in [1.82, 2.24) is 0 Å². The van der Waals surface area contributed by atoms with E-state index in [1.807, 2.05) is 12.1 Å². The summed E-state index contributed by atoms with van der Waals surface area (Å²) in [6, 6.07) is 12.9. The van der Waals surface area contributed by atoms with E-state index in [0.29, 0.717) is 6.42 Å². The molecule has 0 aliphatic carbocycles. The average Bonchev–Trinajstić information content (AvgIpc) is 2.41. The van der Waals surface area contributed by atoms with E-state index in [9.17, 15) is 4.39 Å². The van der Waals surface area contributed by atoms with Crippen LogP contribution in [0.5, 0.6) is 0 Å². The molecule has 0 saturated carbocycles. The van der Waals surface area contributed by atoms with E-state index in [4.69, 9.17) is 5.73 Å². The summed E-state index contributed by atoms with van der Waals surface area (Å²) in [5, 5.41) is 0. The van der Waals surface area contributed by atoms with Crippen molar-refractivity contribution in [1.29, 1.82) is 0 Å². The molecule has 1 unspecified atom stereocenters. The first-order valence-corrected chi connectivity index (χ1v) is 7.18. The lowest BCUT2D eigenvalue weighted by Gasteiger charge is -2.16. The van der Waals surface area contributed by atoms with Crippen LogP contribution in [0.15, 0.2) is 46.9 Å². The van der Waals surface area contributed by atoms with Crippen LogP contribution in [-0.2, 0) is 12.8 Å². The van der Waals surface area contributed by atoms with E-state index in [0.717, 1.165) is 16.5 Å². The van der Waals surface area contributed by atoms with Crippen molar-refractivity contribution >= 4 is 15.9 Å². The Hall–Kier alpha value is -1.19. The summed E-state index contributed by atoms with van der Waals surface area (Å²) in [5.41, 5.74) is 9.76. The van der Waals surface area contributed by atoms with Crippen molar-refractivity contribution in [2.45, 2.75) is 25.8 Å². The Morgan fingerprint density at radius 2 is 1.89 bits per heavy atom. The largest absolute Gasteiger partial charge is 0.324 e. The molecule has 0 bridgehead atoms. The Balaban J connectivity index is 2.23. The molecule has 0 aliphatic heterocycles. The normalized spacial score (nSPS) is 12.4. The molecular weight excluding hydrogens is 305 g/mol. The smallest absolute Gasteiger partial charge is 0.124 e. The van der Waals surface area contributed by atoms with Gasteiger partial charge in [-0.2, -0.15) is 0 Å². The molecule has 0 saturated heterocycles. The molecule has 2 rings (SSSR count). The quantitative estimate of drug-likeness (QED) is 0.887.